The Labute approximate surface area is 106 Å². The number of nitrogens with two attached hydrogens (primary N) is 1. The lowest BCUT2D eigenvalue weighted by Gasteiger charge is -2.10. The maximum absolute atomic E-state index is 11.4. The van der Waals surface area contributed by atoms with Gasteiger partial charge >= 0.3 is 0 Å². The van der Waals surface area contributed by atoms with Gasteiger partial charge in [0.05, 0.1) is 6.10 Å². The number of rotatable bonds is 6. The molecule has 1 aliphatic carbocycles. The zero-order valence-electron chi connectivity index (χ0n) is 10.5. The lowest BCUT2D eigenvalue weighted by molar-refractivity contribution is 0.110. The fourth-order valence-electron chi connectivity index (χ4n) is 1.82. The van der Waals surface area contributed by atoms with Gasteiger partial charge in [-0.1, -0.05) is 0 Å². The maximum Gasteiger partial charge on any atom is 0.273 e. The number of ether oxygens (including phenoxy) is 1. The highest BCUT2D eigenvalue weighted by Crippen LogP contribution is 2.37. The third-order valence-corrected chi connectivity index (χ3v) is 3.87. The topological polar surface area (TPSA) is 100 Å². The van der Waals surface area contributed by atoms with Gasteiger partial charge in [0.25, 0.3) is 15.2 Å². The van der Waals surface area contributed by atoms with Gasteiger partial charge in [-0.15, -0.1) is 10.2 Å². The van der Waals surface area contributed by atoms with E-state index in [1.54, 1.807) is 11.7 Å². The summed E-state index contributed by atoms with van der Waals surface area (Å²) >= 11 is 0. The molecule has 1 unspecified atom stereocenters. The standard InChI is InChI=1S/C10H18N4O3S/c1-7(17-2)3-6-9-12-13-10(18(11,15)16)14(9)8-4-5-8/h7-8H,3-6H2,1-2H3,(H2,11,15,16). The lowest BCUT2D eigenvalue weighted by Crippen LogP contribution is -2.19. The maximum atomic E-state index is 11.4. The van der Waals surface area contributed by atoms with Gasteiger partial charge in [-0.05, 0) is 26.2 Å². The van der Waals surface area contributed by atoms with Crippen molar-refractivity contribution < 1.29 is 13.2 Å². The van der Waals surface area contributed by atoms with Crippen LogP contribution in [0, 0.1) is 0 Å². The summed E-state index contributed by atoms with van der Waals surface area (Å²) in [5, 5.41) is 12.7. The summed E-state index contributed by atoms with van der Waals surface area (Å²) in [4.78, 5) is 0. The van der Waals surface area contributed by atoms with Crippen LogP contribution >= 0.6 is 0 Å². The molecule has 7 nitrogen and oxygen atoms in total. The van der Waals surface area contributed by atoms with Crippen LogP contribution in [-0.2, 0) is 21.2 Å². The summed E-state index contributed by atoms with van der Waals surface area (Å²) in [5.74, 6) is 0.672. The predicted octanol–water partition coefficient (Wildman–Crippen LogP) is 0.228. The first-order valence-corrected chi connectivity index (χ1v) is 7.47. The molecule has 0 saturated heterocycles. The molecule has 1 saturated carbocycles. The Bertz CT molecular complexity index is 521. The Kier molecular flexibility index (Phi) is 3.69. The third-order valence-electron chi connectivity index (χ3n) is 3.08. The zero-order valence-corrected chi connectivity index (χ0v) is 11.4. The van der Waals surface area contributed by atoms with E-state index in [0.29, 0.717) is 12.2 Å². The molecule has 1 heterocycles. The molecule has 0 aliphatic heterocycles. The van der Waals surface area contributed by atoms with Crippen molar-refractivity contribution in [1.82, 2.24) is 14.8 Å². The summed E-state index contributed by atoms with van der Waals surface area (Å²) in [6.07, 6.45) is 3.41. The summed E-state index contributed by atoms with van der Waals surface area (Å²) in [6.45, 7) is 1.96. The van der Waals surface area contributed by atoms with E-state index >= 15 is 0 Å². The molecule has 102 valence electrons. The van der Waals surface area contributed by atoms with Gasteiger partial charge in [0, 0.05) is 19.6 Å². The van der Waals surface area contributed by atoms with Gasteiger partial charge in [0.1, 0.15) is 5.82 Å². The largest absolute Gasteiger partial charge is 0.382 e. The van der Waals surface area contributed by atoms with Gasteiger partial charge < -0.3 is 4.74 Å². The van der Waals surface area contributed by atoms with E-state index in [2.05, 4.69) is 10.2 Å². The number of aromatic nitrogens is 3. The molecule has 0 spiro atoms. The normalized spacial score (nSPS) is 17.9. The van der Waals surface area contributed by atoms with Crippen molar-refractivity contribution in [2.24, 2.45) is 5.14 Å². The first-order valence-electron chi connectivity index (χ1n) is 5.93. The second kappa shape index (κ2) is 4.94. The number of aryl methyl sites for hydroxylation is 1. The van der Waals surface area contributed by atoms with Crippen molar-refractivity contribution in [2.75, 3.05) is 7.11 Å². The quantitative estimate of drug-likeness (QED) is 0.800. The van der Waals surface area contributed by atoms with Gasteiger partial charge in [0.2, 0.25) is 0 Å². The van der Waals surface area contributed by atoms with Crippen LogP contribution < -0.4 is 5.14 Å². The zero-order chi connectivity index (χ0) is 13.3. The summed E-state index contributed by atoms with van der Waals surface area (Å²) in [7, 11) is -2.16. The molecule has 0 amide bonds. The molecule has 0 bridgehead atoms. The fraction of sp³-hybridized carbons (Fsp3) is 0.800. The average Bonchev–Trinajstić information content (AvgIpc) is 3.04. The van der Waals surface area contributed by atoms with E-state index in [1.807, 2.05) is 6.92 Å². The second-order valence-electron chi connectivity index (χ2n) is 4.63. The second-order valence-corrected chi connectivity index (χ2v) is 6.09. The van der Waals surface area contributed by atoms with E-state index in [1.165, 1.54) is 0 Å². The monoisotopic (exact) mass is 274 g/mol. The van der Waals surface area contributed by atoms with E-state index < -0.39 is 10.0 Å². The summed E-state index contributed by atoms with van der Waals surface area (Å²) in [6, 6.07) is 0.182. The molecule has 0 aromatic carbocycles. The van der Waals surface area contributed by atoms with Crippen LogP contribution in [0.5, 0.6) is 0 Å². The van der Waals surface area contributed by atoms with Crippen LogP contribution in [0.15, 0.2) is 5.16 Å². The van der Waals surface area contributed by atoms with E-state index in [0.717, 1.165) is 19.3 Å². The highest BCUT2D eigenvalue weighted by atomic mass is 32.2. The number of methoxy groups -OCH3 is 1. The first kappa shape index (κ1) is 13.4. The molecule has 1 atom stereocenters. The average molecular weight is 274 g/mol. The molecular formula is C10H18N4O3S. The predicted molar refractivity (Wildman–Crippen MR) is 64.5 cm³/mol. The molecule has 8 heteroatoms. The minimum absolute atomic E-state index is 0.104. The lowest BCUT2D eigenvalue weighted by atomic mass is 10.2. The Morgan fingerprint density at radius 3 is 2.67 bits per heavy atom. The van der Waals surface area contributed by atoms with Crippen LogP contribution in [0.2, 0.25) is 0 Å². The molecule has 1 aromatic heterocycles. The number of sulfonamides is 1. The van der Waals surface area contributed by atoms with Crippen LogP contribution in [-0.4, -0.2) is 36.4 Å². The molecule has 1 aliphatic rings. The van der Waals surface area contributed by atoms with Gasteiger partial charge in [-0.25, -0.2) is 13.6 Å². The van der Waals surface area contributed by atoms with Crippen LogP contribution in [0.25, 0.3) is 0 Å². The number of nitrogens with zero attached hydrogens (tertiary/aromatic N) is 3. The highest BCUT2D eigenvalue weighted by molar-refractivity contribution is 7.89. The third kappa shape index (κ3) is 2.88. The van der Waals surface area contributed by atoms with Gasteiger partial charge in [-0.3, -0.25) is 4.57 Å². The van der Waals surface area contributed by atoms with E-state index in [-0.39, 0.29) is 17.3 Å². The Morgan fingerprint density at radius 2 is 2.17 bits per heavy atom. The van der Waals surface area contributed by atoms with Crippen molar-refractivity contribution in [3.8, 4) is 0 Å². The van der Waals surface area contributed by atoms with Crippen molar-refractivity contribution in [1.29, 1.82) is 0 Å². The summed E-state index contributed by atoms with van der Waals surface area (Å²) in [5.41, 5.74) is 0. The Balaban J connectivity index is 2.23. The Morgan fingerprint density at radius 1 is 1.50 bits per heavy atom. The van der Waals surface area contributed by atoms with Crippen molar-refractivity contribution >= 4 is 10.0 Å². The number of primary sulfonamides is 1. The smallest absolute Gasteiger partial charge is 0.273 e. The highest BCUT2D eigenvalue weighted by Gasteiger charge is 2.32. The SMILES string of the molecule is COC(C)CCc1nnc(S(N)(=O)=O)n1C1CC1. The van der Waals surface area contributed by atoms with Gasteiger partial charge in [0.15, 0.2) is 0 Å². The van der Waals surface area contributed by atoms with Crippen LogP contribution in [0.1, 0.15) is 38.1 Å². The van der Waals surface area contributed by atoms with E-state index in [4.69, 9.17) is 9.88 Å². The van der Waals surface area contributed by atoms with Crippen LogP contribution in [0.3, 0.4) is 0 Å². The molecule has 1 aromatic rings. The Hall–Kier alpha value is -0.990. The fourth-order valence-corrected chi connectivity index (χ4v) is 2.50. The number of hydrogen-bond donors (Lipinski definition) is 1. The van der Waals surface area contributed by atoms with E-state index in [9.17, 15) is 8.42 Å². The molecule has 0 radical (unpaired) electrons. The van der Waals surface area contributed by atoms with Crippen molar-refractivity contribution in [3.63, 3.8) is 0 Å². The molecule has 1 fully saturated rings. The molecule has 2 rings (SSSR count). The first-order chi connectivity index (χ1) is 8.43. The molecule has 18 heavy (non-hydrogen) atoms. The summed E-state index contributed by atoms with van der Waals surface area (Å²) < 4.78 is 29.7. The molecule has 2 N–H and O–H groups in total. The minimum atomic E-state index is -3.80. The van der Waals surface area contributed by atoms with Crippen LogP contribution in [0.4, 0.5) is 0 Å². The van der Waals surface area contributed by atoms with Crippen molar-refractivity contribution in [2.45, 2.75) is 49.9 Å². The van der Waals surface area contributed by atoms with Crippen molar-refractivity contribution in [3.05, 3.63) is 5.82 Å². The number of hydrogen-bond acceptors (Lipinski definition) is 5. The minimum Gasteiger partial charge on any atom is -0.382 e. The molecular weight excluding hydrogens is 256 g/mol. The van der Waals surface area contributed by atoms with Gasteiger partial charge in [-0.2, -0.15) is 0 Å².